The Morgan fingerprint density at radius 1 is 1.00 bits per heavy atom. The van der Waals surface area contributed by atoms with E-state index in [-0.39, 0.29) is 14.0 Å². The highest BCUT2D eigenvalue weighted by molar-refractivity contribution is 7.17. The van der Waals surface area contributed by atoms with Crippen LogP contribution in [0.25, 0.3) is 10.1 Å². The lowest BCUT2D eigenvalue weighted by Crippen LogP contribution is -2.05. The summed E-state index contributed by atoms with van der Waals surface area (Å²) in [5, 5.41) is 2.99. The van der Waals surface area contributed by atoms with Crippen LogP contribution in [-0.2, 0) is 18.0 Å². The van der Waals surface area contributed by atoms with Crippen molar-refractivity contribution in [1.82, 2.24) is 4.98 Å². The molecule has 0 atom stereocenters. The van der Waals surface area contributed by atoms with E-state index in [0.29, 0.717) is 29.7 Å². The standard InChI is InChI=1S/C26H24ClNO4S.CH4/c1-4-30-26(29)22-12-28-25(27)23-19(15-33-24(22)23)14-32-21-10-17(3)9-20(11-21)31-13-18-7-5-16(2)6-8-18;/h5-12,15H,4,13-14H2,1-3H3;1H4. The van der Waals surface area contributed by atoms with Crippen molar-refractivity contribution in [3.63, 3.8) is 0 Å². The molecule has 0 aliphatic heterocycles. The Labute approximate surface area is 209 Å². The summed E-state index contributed by atoms with van der Waals surface area (Å²) in [6, 6.07) is 14.1. The van der Waals surface area contributed by atoms with Crippen molar-refractivity contribution in [2.24, 2.45) is 0 Å². The number of esters is 1. The molecule has 2 heterocycles. The van der Waals surface area contributed by atoms with Gasteiger partial charge in [0.25, 0.3) is 0 Å². The molecule has 0 aliphatic carbocycles. The monoisotopic (exact) mass is 497 g/mol. The molecule has 178 valence electrons. The van der Waals surface area contributed by atoms with Gasteiger partial charge in [-0.2, -0.15) is 0 Å². The zero-order valence-corrected chi connectivity index (χ0v) is 20.3. The molecular weight excluding hydrogens is 470 g/mol. The molecule has 0 bridgehead atoms. The topological polar surface area (TPSA) is 57.7 Å². The number of halogens is 1. The number of fused-ring (bicyclic) bond motifs is 1. The first-order valence-corrected chi connectivity index (χ1v) is 11.8. The van der Waals surface area contributed by atoms with Crippen LogP contribution >= 0.6 is 22.9 Å². The van der Waals surface area contributed by atoms with Gasteiger partial charge in [0, 0.05) is 23.2 Å². The third-order valence-corrected chi connectivity index (χ3v) is 6.41. The van der Waals surface area contributed by atoms with Crippen molar-refractivity contribution in [1.29, 1.82) is 0 Å². The van der Waals surface area contributed by atoms with Crippen molar-refractivity contribution in [2.75, 3.05) is 6.61 Å². The van der Waals surface area contributed by atoms with Gasteiger partial charge in [-0.05, 0) is 49.4 Å². The predicted molar refractivity (Wildman–Crippen MR) is 138 cm³/mol. The van der Waals surface area contributed by atoms with Gasteiger partial charge in [-0.25, -0.2) is 9.78 Å². The highest BCUT2D eigenvalue weighted by atomic mass is 35.5. The molecule has 5 nitrogen and oxygen atoms in total. The number of hydrogen-bond donors (Lipinski definition) is 0. The second-order valence-electron chi connectivity index (χ2n) is 7.69. The van der Waals surface area contributed by atoms with Gasteiger partial charge in [-0.15, -0.1) is 11.3 Å². The molecule has 2 aromatic heterocycles. The summed E-state index contributed by atoms with van der Waals surface area (Å²) in [6.07, 6.45) is 1.46. The smallest absolute Gasteiger partial charge is 0.341 e. The number of hydrogen-bond acceptors (Lipinski definition) is 6. The summed E-state index contributed by atoms with van der Waals surface area (Å²) >= 11 is 7.79. The zero-order valence-electron chi connectivity index (χ0n) is 18.7. The number of carbonyl (C=O) groups excluding carboxylic acids is 1. The highest BCUT2D eigenvalue weighted by Gasteiger charge is 2.19. The van der Waals surface area contributed by atoms with Gasteiger partial charge in [-0.3, -0.25) is 0 Å². The van der Waals surface area contributed by atoms with Gasteiger partial charge >= 0.3 is 5.97 Å². The van der Waals surface area contributed by atoms with Crippen molar-refractivity contribution in [3.8, 4) is 11.5 Å². The number of ether oxygens (including phenoxy) is 3. The van der Waals surface area contributed by atoms with Gasteiger partial charge in [-0.1, -0.05) is 48.9 Å². The molecule has 7 heteroatoms. The Bertz CT molecular complexity index is 1280. The Morgan fingerprint density at radius 2 is 1.68 bits per heavy atom. The summed E-state index contributed by atoms with van der Waals surface area (Å²) in [6.45, 7) is 6.90. The van der Waals surface area contributed by atoms with Gasteiger partial charge in [0.2, 0.25) is 0 Å². The number of carbonyl (C=O) groups is 1. The first-order valence-electron chi connectivity index (χ1n) is 10.6. The SMILES string of the molecule is C.CCOC(=O)c1cnc(Cl)c2c(COc3cc(C)cc(OCc4ccc(C)cc4)c3)csc12. The molecule has 0 saturated carbocycles. The average Bonchev–Trinajstić information content (AvgIpc) is 3.22. The minimum Gasteiger partial charge on any atom is -0.489 e. The van der Waals surface area contributed by atoms with Gasteiger partial charge in [0.15, 0.2) is 0 Å². The summed E-state index contributed by atoms with van der Waals surface area (Å²) in [7, 11) is 0. The molecule has 0 unspecified atom stereocenters. The summed E-state index contributed by atoms with van der Waals surface area (Å²) in [5.41, 5.74) is 4.63. The number of aromatic nitrogens is 1. The number of aryl methyl sites for hydroxylation is 2. The van der Waals surface area contributed by atoms with Gasteiger partial charge in [0.1, 0.15) is 29.9 Å². The molecule has 2 aromatic carbocycles. The fourth-order valence-corrected chi connectivity index (χ4v) is 4.79. The Morgan fingerprint density at radius 3 is 2.35 bits per heavy atom. The maximum Gasteiger partial charge on any atom is 0.341 e. The largest absolute Gasteiger partial charge is 0.489 e. The molecule has 0 amide bonds. The van der Waals surface area contributed by atoms with E-state index in [1.807, 2.05) is 30.5 Å². The summed E-state index contributed by atoms with van der Waals surface area (Å²) in [5.74, 6) is 1.03. The lowest BCUT2D eigenvalue weighted by Gasteiger charge is -2.12. The number of pyridine rings is 1. The van der Waals surface area contributed by atoms with Gasteiger partial charge in [0.05, 0.1) is 16.9 Å². The van der Waals surface area contributed by atoms with E-state index >= 15 is 0 Å². The molecule has 0 fully saturated rings. The van der Waals surface area contributed by atoms with E-state index in [1.54, 1.807) is 6.92 Å². The van der Waals surface area contributed by atoms with E-state index in [9.17, 15) is 4.79 Å². The zero-order chi connectivity index (χ0) is 23.4. The quantitative estimate of drug-likeness (QED) is 0.186. The molecule has 0 saturated heterocycles. The lowest BCUT2D eigenvalue weighted by atomic mass is 10.1. The maximum absolute atomic E-state index is 12.3. The highest BCUT2D eigenvalue weighted by Crippen LogP contribution is 2.35. The van der Waals surface area contributed by atoms with Crippen LogP contribution in [0, 0.1) is 13.8 Å². The van der Waals surface area contributed by atoms with Gasteiger partial charge < -0.3 is 14.2 Å². The van der Waals surface area contributed by atoms with E-state index < -0.39 is 5.97 Å². The van der Waals surface area contributed by atoms with Crippen LogP contribution in [-0.4, -0.2) is 17.6 Å². The van der Waals surface area contributed by atoms with E-state index in [0.717, 1.165) is 32.5 Å². The number of rotatable bonds is 8. The maximum atomic E-state index is 12.3. The molecule has 0 radical (unpaired) electrons. The van der Waals surface area contributed by atoms with Crippen LogP contribution < -0.4 is 9.47 Å². The van der Waals surface area contributed by atoms with E-state index in [2.05, 4.69) is 36.2 Å². The van der Waals surface area contributed by atoms with Crippen LogP contribution in [0.1, 0.15) is 47.0 Å². The van der Waals surface area contributed by atoms with E-state index in [1.165, 1.54) is 23.1 Å². The van der Waals surface area contributed by atoms with Crippen LogP contribution in [0.15, 0.2) is 54.0 Å². The molecule has 34 heavy (non-hydrogen) atoms. The predicted octanol–water partition coefficient (Wildman–Crippen LogP) is 7.54. The lowest BCUT2D eigenvalue weighted by molar-refractivity contribution is 0.0528. The van der Waals surface area contributed by atoms with E-state index in [4.69, 9.17) is 25.8 Å². The molecule has 0 aliphatic rings. The fraction of sp³-hybridized carbons (Fsp3) is 0.259. The van der Waals surface area contributed by atoms with Crippen molar-refractivity contribution >= 4 is 39.0 Å². The molecule has 0 N–H and O–H groups in total. The minimum atomic E-state index is -0.407. The van der Waals surface area contributed by atoms with Crippen LogP contribution in [0.4, 0.5) is 0 Å². The first kappa shape index (κ1) is 25.5. The number of nitrogens with zero attached hydrogens (tertiary/aromatic N) is 1. The Hall–Kier alpha value is -3.09. The summed E-state index contributed by atoms with van der Waals surface area (Å²) < 4.78 is 17.9. The van der Waals surface area contributed by atoms with Crippen molar-refractivity contribution in [2.45, 2.75) is 41.4 Å². The van der Waals surface area contributed by atoms with Crippen molar-refractivity contribution in [3.05, 3.63) is 87.0 Å². The van der Waals surface area contributed by atoms with Crippen LogP contribution in [0.2, 0.25) is 5.15 Å². The third kappa shape index (κ3) is 5.88. The molecular formula is C27H28ClNO4S. The van der Waals surface area contributed by atoms with Crippen LogP contribution in [0.5, 0.6) is 11.5 Å². The second kappa shape index (κ2) is 11.4. The molecule has 0 spiro atoms. The molecule has 4 rings (SSSR count). The average molecular weight is 498 g/mol. The van der Waals surface area contributed by atoms with Crippen molar-refractivity contribution < 1.29 is 19.0 Å². The Kier molecular flexibility index (Phi) is 8.53. The second-order valence-corrected chi connectivity index (χ2v) is 8.93. The molecule has 4 aromatic rings. The minimum absolute atomic E-state index is 0. The number of benzene rings is 2. The third-order valence-electron chi connectivity index (χ3n) is 5.07. The normalized spacial score (nSPS) is 10.6. The fourth-order valence-electron chi connectivity index (χ4n) is 3.42. The first-order chi connectivity index (χ1) is 15.9. The van der Waals surface area contributed by atoms with Crippen LogP contribution in [0.3, 0.4) is 0 Å². The Balaban J connectivity index is 0.00000324. The summed E-state index contributed by atoms with van der Waals surface area (Å²) in [4.78, 5) is 16.5. The number of thiophene rings is 1.